The molecule has 2 atom stereocenters. The predicted molar refractivity (Wildman–Crippen MR) is 54.5 cm³/mol. The lowest BCUT2D eigenvalue weighted by atomic mass is 10.1. The number of rotatable bonds is 4. The summed E-state index contributed by atoms with van der Waals surface area (Å²) >= 11 is 0. The normalized spacial score (nSPS) is 19.7. The van der Waals surface area contributed by atoms with Gasteiger partial charge < -0.3 is 14.9 Å². The van der Waals surface area contributed by atoms with Gasteiger partial charge in [0.15, 0.2) is 0 Å². The van der Waals surface area contributed by atoms with Gasteiger partial charge in [-0.05, 0) is 30.9 Å². The molecule has 1 saturated carbocycles. The number of pyridine rings is 1. The van der Waals surface area contributed by atoms with Crippen molar-refractivity contribution in [2.45, 2.75) is 25.0 Å². The molecule has 2 rings (SSSR count). The van der Waals surface area contributed by atoms with E-state index in [9.17, 15) is 10.2 Å². The molecule has 1 aromatic rings. The molecule has 0 spiro atoms. The van der Waals surface area contributed by atoms with E-state index in [0.717, 1.165) is 12.8 Å². The Morgan fingerprint density at radius 1 is 1.47 bits per heavy atom. The minimum absolute atomic E-state index is 0.215. The third kappa shape index (κ3) is 2.11. The first-order valence-corrected chi connectivity index (χ1v) is 5.09. The molecule has 0 amide bonds. The number of nitrogens with zero attached hydrogens (tertiary/aromatic N) is 1. The maximum atomic E-state index is 9.92. The van der Waals surface area contributed by atoms with Crippen molar-refractivity contribution >= 4 is 0 Å². The van der Waals surface area contributed by atoms with Crippen molar-refractivity contribution in [2.75, 3.05) is 7.11 Å². The van der Waals surface area contributed by atoms with Crippen LogP contribution in [0, 0.1) is 5.92 Å². The van der Waals surface area contributed by atoms with Crippen molar-refractivity contribution in [3.05, 3.63) is 24.0 Å². The fraction of sp³-hybridized carbons (Fsp3) is 0.545. The third-order valence-electron chi connectivity index (χ3n) is 2.73. The topological polar surface area (TPSA) is 62.6 Å². The van der Waals surface area contributed by atoms with Crippen molar-refractivity contribution in [1.82, 2.24) is 4.98 Å². The molecule has 4 nitrogen and oxygen atoms in total. The van der Waals surface area contributed by atoms with Gasteiger partial charge in [0.2, 0.25) is 0 Å². The molecule has 2 unspecified atom stereocenters. The maximum Gasteiger partial charge on any atom is 0.143 e. The van der Waals surface area contributed by atoms with Crippen LogP contribution in [0.4, 0.5) is 0 Å². The molecule has 4 heteroatoms. The summed E-state index contributed by atoms with van der Waals surface area (Å²) in [7, 11) is 1.52. The Bertz CT molecular complexity index is 338. The first-order valence-electron chi connectivity index (χ1n) is 5.09. The summed E-state index contributed by atoms with van der Waals surface area (Å²) in [6.07, 6.45) is 1.86. The van der Waals surface area contributed by atoms with Gasteiger partial charge in [-0.3, -0.25) is 4.98 Å². The van der Waals surface area contributed by atoms with Crippen LogP contribution in [0.1, 0.15) is 24.6 Å². The molecular weight excluding hydrogens is 194 g/mol. The minimum Gasteiger partial charge on any atom is -0.495 e. The zero-order valence-electron chi connectivity index (χ0n) is 8.63. The second kappa shape index (κ2) is 4.16. The lowest BCUT2D eigenvalue weighted by Gasteiger charge is -2.18. The number of hydrogen-bond donors (Lipinski definition) is 2. The standard InChI is InChI=1S/C11H15NO3/c1-15-8-3-2-6-12-9(8)11(14)10(13)7-4-5-7/h2-3,6-7,10-11,13-14H,4-5H2,1H3. The van der Waals surface area contributed by atoms with E-state index in [2.05, 4.69) is 4.98 Å². The average Bonchev–Trinajstić information content (AvgIpc) is 3.11. The van der Waals surface area contributed by atoms with Crippen molar-refractivity contribution in [3.63, 3.8) is 0 Å². The van der Waals surface area contributed by atoms with E-state index in [-0.39, 0.29) is 5.92 Å². The molecule has 0 bridgehead atoms. The minimum atomic E-state index is -0.950. The van der Waals surface area contributed by atoms with Crippen molar-refractivity contribution in [3.8, 4) is 5.75 Å². The van der Waals surface area contributed by atoms with Crippen molar-refractivity contribution in [1.29, 1.82) is 0 Å². The SMILES string of the molecule is COc1cccnc1C(O)C(O)C1CC1. The summed E-state index contributed by atoms with van der Waals surface area (Å²) in [5.41, 5.74) is 0.416. The number of aliphatic hydroxyl groups excluding tert-OH is 2. The molecule has 1 fully saturated rings. The quantitative estimate of drug-likeness (QED) is 0.773. The van der Waals surface area contributed by atoms with Crippen LogP contribution in [0.5, 0.6) is 5.75 Å². The van der Waals surface area contributed by atoms with Crippen LogP contribution in [0.15, 0.2) is 18.3 Å². The van der Waals surface area contributed by atoms with Crippen LogP contribution < -0.4 is 4.74 Å². The van der Waals surface area contributed by atoms with E-state index in [0.29, 0.717) is 11.4 Å². The van der Waals surface area contributed by atoms with Crippen LogP contribution in [-0.4, -0.2) is 28.4 Å². The van der Waals surface area contributed by atoms with Gasteiger partial charge in [0.05, 0.1) is 13.2 Å². The summed E-state index contributed by atoms with van der Waals surface area (Å²) in [6.45, 7) is 0. The van der Waals surface area contributed by atoms with Crippen molar-refractivity contribution in [2.24, 2.45) is 5.92 Å². The summed E-state index contributed by atoms with van der Waals surface area (Å²) < 4.78 is 5.08. The highest BCUT2D eigenvalue weighted by Crippen LogP contribution is 2.39. The number of aromatic nitrogens is 1. The Morgan fingerprint density at radius 3 is 2.80 bits per heavy atom. The Morgan fingerprint density at radius 2 is 2.20 bits per heavy atom. The fourth-order valence-electron chi connectivity index (χ4n) is 1.65. The highest BCUT2D eigenvalue weighted by molar-refractivity contribution is 5.29. The Labute approximate surface area is 88.5 Å². The highest BCUT2D eigenvalue weighted by Gasteiger charge is 2.36. The lowest BCUT2D eigenvalue weighted by molar-refractivity contribution is 0.00109. The molecule has 0 saturated heterocycles. The van der Waals surface area contributed by atoms with Gasteiger partial charge in [0.25, 0.3) is 0 Å². The maximum absolute atomic E-state index is 9.92. The summed E-state index contributed by atoms with van der Waals surface area (Å²) in [4.78, 5) is 4.05. The molecule has 2 N–H and O–H groups in total. The van der Waals surface area contributed by atoms with Gasteiger partial charge in [-0.15, -0.1) is 0 Å². The van der Waals surface area contributed by atoms with Crippen LogP contribution >= 0.6 is 0 Å². The molecule has 1 aliphatic carbocycles. The summed E-state index contributed by atoms with van der Waals surface area (Å²) in [6, 6.07) is 3.46. The molecule has 1 aromatic heterocycles. The number of ether oxygens (including phenoxy) is 1. The van der Waals surface area contributed by atoms with E-state index < -0.39 is 12.2 Å². The van der Waals surface area contributed by atoms with Crippen LogP contribution in [0.2, 0.25) is 0 Å². The largest absolute Gasteiger partial charge is 0.495 e. The van der Waals surface area contributed by atoms with Gasteiger partial charge in [-0.25, -0.2) is 0 Å². The molecule has 82 valence electrons. The molecule has 0 aromatic carbocycles. The van der Waals surface area contributed by atoms with Gasteiger partial charge >= 0.3 is 0 Å². The second-order valence-corrected chi connectivity index (χ2v) is 3.86. The Kier molecular flexibility index (Phi) is 2.88. The van der Waals surface area contributed by atoms with Gasteiger partial charge in [0, 0.05) is 6.20 Å². The molecule has 1 heterocycles. The lowest BCUT2D eigenvalue weighted by Crippen LogP contribution is -2.21. The van der Waals surface area contributed by atoms with E-state index in [1.165, 1.54) is 7.11 Å². The molecular formula is C11H15NO3. The van der Waals surface area contributed by atoms with E-state index in [4.69, 9.17) is 4.74 Å². The second-order valence-electron chi connectivity index (χ2n) is 3.86. The fourth-order valence-corrected chi connectivity index (χ4v) is 1.65. The van der Waals surface area contributed by atoms with Crippen LogP contribution in [-0.2, 0) is 0 Å². The summed E-state index contributed by atoms with van der Waals surface area (Å²) in [5.74, 6) is 0.733. The molecule has 0 radical (unpaired) electrons. The van der Waals surface area contributed by atoms with Gasteiger partial charge in [-0.2, -0.15) is 0 Å². The smallest absolute Gasteiger partial charge is 0.143 e. The zero-order valence-corrected chi connectivity index (χ0v) is 8.63. The van der Waals surface area contributed by atoms with Gasteiger partial charge in [-0.1, -0.05) is 0 Å². The molecule has 0 aliphatic heterocycles. The Balaban J connectivity index is 2.19. The zero-order chi connectivity index (χ0) is 10.8. The average molecular weight is 209 g/mol. The van der Waals surface area contributed by atoms with Crippen molar-refractivity contribution < 1.29 is 14.9 Å². The monoisotopic (exact) mass is 209 g/mol. The van der Waals surface area contributed by atoms with E-state index >= 15 is 0 Å². The molecule has 15 heavy (non-hydrogen) atoms. The van der Waals surface area contributed by atoms with Gasteiger partial charge in [0.1, 0.15) is 17.5 Å². The van der Waals surface area contributed by atoms with E-state index in [1.807, 2.05) is 0 Å². The number of hydrogen-bond acceptors (Lipinski definition) is 4. The van der Waals surface area contributed by atoms with Crippen LogP contribution in [0.3, 0.4) is 0 Å². The summed E-state index contributed by atoms with van der Waals surface area (Å²) in [5, 5.41) is 19.7. The Hall–Kier alpha value is -1.13. The first-order chi connectivity index (χ1) is 7.24. The van der Waals surface area contributed by atoms with Crippen LogP contribution in [0.25, 0.3) is 0 Å². The predicted octanol–water partition coefficient (Wildman–Crippen LogP) is 0.894. The molecule has 1 aliphatic rings. The third-order valence-corrected chi connectivity index (χ3v) is 2.73. The number of aliphatic hydroxyl groups is 2. The number of methoxy groups -OCH3 is 1. The highest BCUT2D eigenvalue weighted by atomic mass is 16.5. The van der Waals surface area contributed by atoms with E-state index in [1.54, 1.807) is 18.3 Å². The first kappa shape index (κ1) is 10.4.